The third-order valence-electron chi connectivity index (χ3n) is 2.13. The molecule has 0 atom stereocenters. The summed E-state index contributed by atoms with van der Waals surface area (Å²) in [7, 11) is 0. The summed E-state index contributed by atoms with van der Waals surface area (Å²) in [5, 5.41) is 0. The van der Waals surface area contributed by atoms with Crippen LogP contribution >= 0.6 is 0 Å². The molecule has 74 valence electrons. The summed E-state index contributed by atoms with van der Waals surface area (Å²) in [4.78, 5) is 0. The van der Waals surface area contributed by atoms with Gasteiger partial charge < -0.3 is 4.74 Å². The maximum atomic E-state index is 11.7. The average molecular weight is 180 g/mol. The fraction of sp³-hybridized carbons (Fsp3) is 1.00. The number of rotatable bonds is 5. The minimum absolute atomic E-state index is 0.160. The van der Waals surface area contributed by atoms with Crippen LogP contribution in [0.25, 0.3) is 0 Å². The van der Waals surface area contributed by atoms with Gasteiger partial charge in [0.2, 0.25) is 0 Å². The molecule has 3 heteroatoms. The minimum atomic E-state index is -2.63. The Hall–Kier alpha value is -0.180. The number of hydrogen-bond donors (Lipinski definition) is 0. The first kappa shape index (κ1) is 11.8. The monoisotopic (exact) mass is 180 g/mol. The second-order valence-corrected chi connectivity index (χ2v) is 3.75. The molecule has 1 nitrogen and oxygen atoms in total. The van der Waals surface area contributed by atoms with Crippen LogP contribution in [0.1, 0.15) is 27.7 Å². The van der Waals surface area contributed by atoms with Crippen LogP contribution < -0.4 is 0 Å². The number of hydrogen-bond acceptors (Lipinski definition) is 1. The first-order valence-electron chi connectivity index (χ1n) is 4.35. The molecule has 0 spiro atoms. The summed E-state index contributed by atoms with van der Waals surface area (Å²) in [6, 6.07) is 0. The van der Waals surface area contributed by atoms with E-state index in [0.717, 1.165) is 0 Å². The number of ether oxygens (including phenoxy) is 1. The Labute approximate surface area is 73.1 Å². The molecule has 0 aromatic rings. The van der Waals surface area contributed by atoms with E-state index < -0.39 is 6.61 Å². The second kappa shape index (κ2) is 5.46. The highest BCUT2D eigenvalue weighted by Crippen LogP contribution is 2.21. The van der Waals surface area contributed by atoms with Gasteiger partial charge in [0.05, 0.1) is 6.61 Å². The molecule has 0 aliphatic heterocycles. The standard InChI is InChI=1S/C9H18F2O/c1-6(2)8(7(3)4)5-12-9(10)11/h6-9H,5H2,1-4H3. The summed E-state index contributed by atoms with van der Waals surface area (Å²) in [6.45, 7) is 5.63. The Morgan fingerprint density at radius 2 is 1.42 bits per heavy atom. The summed E-state index contributed by atoms with van der Waals surface area (Å²) >= 11 is 0. The van der Waals surface area contributed by atoms with Crippen molar-refractivity contribution in [1.82, 2.24) is 0 Å². The molecule has 0 N–H and O–H groups in total. The van der Waals surface area contributed by atoms with Crippen molar-refractivity contribution in [2.75, 3.05) is 6.61 Å². The molecule has 0 saturated carbocycles. The molecule has 0 unspecified atom stereocenters. The van der Waals surface area contributed by atoms with E-state index in [0.29, 0.717) is 11.8 Å². The van der Waals surface area contributed by atoms with Gasteiger partial charge in [0.25, 0.3) is 0 Å². The zero-order valence-corrected chi connectivity index (χ0v) is 8.18. The van der Waals surface area contributed by atoms with Crippen molar-refractivity contribution >= 4 is 0 Å². The molecule has 0 aromatic heterocycles. The molecule has 12 heavy (non-hydrogen) atoms. The molecular formula is C9H18F2O. The Kier molecular flexibility index (Phi) is 5.38. The average Bonchev–Trinajstić information content (AvgIpc) is 1.84. The van der Waals surface area contributed by atoms with Gasteiger partial charge in [0, 0.05) is 0 Å². The van der Waals surface area contributed by atoms with Crippen molar-refractivity contribution in [1.29, 1.82) is 0 Å². The predicted molar refractivity (Wildman–Crippen MR) is 45.1 cm³/mol. The first-order chi connectivity index (χ1) is 5.45. The maximum absolute atomic E-state index is 11.7. The molecule has 0 rings (SSSR count). The zero-order chi connectivity index (χ0) is 9.72. The lowest BCUT2D eigenvalue weighted by Gasteiger charge is -2.24. The highest BCUT2D eigenvalue weighted by Gasteiger charge is 2.19. The van der Waals surface area contributed by atoms with Crippen LogP contribution in [-0.2, 0) is 4.74 Å². The highest BCUT2D eigenvalue weighted by molar-refractivity contribution is 4.65. The quantitative estimate of drug-likeness (QED) is 0.631. The molecule has 0 aliphatic carbocycles. The molecule has 0 heterocycles. The van der Waals surface area contributed by atoms with Crippen molar-refractivity contribution in [3.8, 4) is 0 Å². The molecule has 0 aliphatic rings. The lowest BCUT2D eigenvalue weighted by molar-refractivity contribution is -0.144. The van der Waals surface area contributed by atoms with Gasteiger partial charge in [-0.25, -0.2) is 0 Å². The fourth-order valence-corrected chi connectivity index (χ4v) is 1.34. The van der Waals surface area contributed by atoms with Gasteiger partial charge in [-0.3, -0.25) is 0 Å². The van der Waals surface area contributed by atoms with Crippen LogP contribution in [-0.4, -0.2) is 13.2 Å². The molecule has 0 saturated heterocycles. The topological polar surface area (TPSA) is 9.23 Å². The van der Waals surface area contributed by atoms with Gasteiger partial charge >= 0.3 is 6.61 Å². The molecule has 0 bridgehead atoms. The molecule has 0 amide bonds. The van der Waals surface area contributed by atoms with Crippen molar-refractivity contribution in [2.24, 2.45) is 17.8 Å². The van der Waals surface area contributed by atoms with Crippen LogP contribution in [0.4, 0.5) is 8.78 Å². The Bertz CT molecular complexity index is 105. The second-order valence-electron chi connectivity index (χ2n) is 3.75. The third kappa shape index (κ3) is 4.65. The Morgan fingerprint density at radius 1 is 1.00 bits per heavy atom. The van der Waals surface area contributed by atoms with Crippen LogP contribution in [0.5, 0.6) is 0 Å². The Morgan fingerprint density at radius 3 is 1.67 bits per heavy atom. The number of alkyl halides is 2. The van der Waals surface area contributed by atoms with E-state index in [1.54, 1.807) is 0 Å². The molecule has 0 aromatic carbocycles. The van der Waals surface area contributed by atoms with Crippen molar-refractivity contribution in [2.45, 2.75) is 34.3 Å². The fourth-order valence-electron chi connectivity index (χ4n) is 1.34. The van der Waals surface area contributed by atoms with Crippen LogP contribution in [0.3, 0.4) is 0 Å². The summed E-state index contributed by atoms with van der Waals surface area (Å²) in [5.41, 5.74) is 0. The summed E-state index contributed by atoms with van der Waals surface area (Å²) < 4.78 is 27.7. The van der Waals surface area contributed by atoms with Gasteiger partial charge in [-0.15, -0.1) is 0 Å². The van der Waals surface area contributed by atoms with Crippen molar-refractivity contribution in [3.05, 3.63) is 0 Å². The van der Waals surface area contributed by atoms with Crippen LogP contribution in [0, 0.1) is 17.8 Å². The molecule has 0 fully saturated rings. The van der Waals surface area contributed by atoms with E-state index in [-0.39, 0.29) is 12.5 Å². The lowest BCUT2D eigenvalue weighted by atomic mass is 9.86. The van der Waals surface area contributed by atoms with Gasteiger partial charge in [-0.1, -0.05) is 27.7 Å². The van der Waals surface area contributed by atoms with Crippen LogP contribution in [0.15, 0.2) is 0 Å². The predicted octanol–water partition coefficient (Wildman–Crippen LogP) is 3.15. The van der Waals surface area contributed by atoms with Gasteiger partial charge in [-0.2, -0.15) is 8.78 Å². The summed E-state index contributed by atoms with van der Waals surface area (Å²) in [5.74, 6) is 1.01. The Balaban J connectivity index is 3.80. The minimum Gasteiger partial charge on any atom is -0.323 e. The number of halogens is 2. The summed E-state index contributed by atoms with van der Waals surface area (Å²) in [6.07, 6.45) is 0. The largest absolute Gasteiger partial charge is 0.345 e. The van der Waals surface area contributed by atoms with E-state index in [9.17, 15) is 8.78 Å². The van der Waals surface area contributed by atoms with Crippen LogP contribution in [0.2, 0.25) is 0 Å². The molecular weight excluding hydrogens is 162 g/mol. The first-order valence-corrected chi connectivity index (χ1v) is 4.35. The zero-order valence-electron chi connectivity index (χ0n) is 8.18. The molecule has 0 radical (unpaired) electrons. The lowest BCUT2D eigenvalue weighted by Crippen LogP contribution is -2.22. The van der Waals surface area contributed by atoms with E-state index in [1.165, 1.54) is 0 Å². The van der Waals surface area contributed by atoms with E-state index in [2.05, 4.69) is 4.74 Å². The van der Waals surface area contributed by atoms with E-state index in [1.807, 2.05) is 27.7 Å². The van der Waals surface area contributed by atoms with Gasteiger partial charge in [0.1, 0.15) is 0 Å². The third-order valence-corrected chi connectivity index (χ3v) is 2.13. The van der Waals surface area contributed by atoms with E-state index >= 15 is 0 Å². The van der Waals surface area contributed by atoms with Gasteiger partial charge in [-0.05, 0) is 17.8 Å². The van der Waals surface area contributed by atoms with E-state index in [4.69, 9.17) is 0 Å². The normalized spacial score (nSPS) is 12.5. The highest BCUT2D eigenvalue weighted by atomic mass is 19.3. The van der Waals surface area contributed by atoms with Gasteiger partial charge in [0.15, 0.2) is 0 Å². The maximum Gasteiger partial charge on any atom is 0.345 e. The smallest absolute Gasteiger partial charge is 0.323 e. The van der Waals surface area contributed by atoms with Crippen molar-refractivity contribution in [3.63, 3.8) is 0 Å². The van der Waals surface area contributed by atoms with Crippen molar-refractivity contribution < 1.29 is 13.5 Å². The SMILES string of the molecule is CC(C)C(COC(F)F)C(C)C.